The number of nitrogens with zero attached hydrogens (tertiary/aromatic N) is 3. The van der Waals surface area contributed by atoms with Crippen molar-refractivity contribution in [3.05, 3.63) is 33.9 Å². The SMILES string of the molecule is CCNC(=O)C1Cc2cc([N+](=O)[O-])ccc2N2CCN(C3CCCC3)CC12. The largest absolute Gasteiger partial charge is 0.365 e. The van der Waals surface area contributed by atoms with E-state index in [9.17, 15) is 14.9 Å². The molecule has 1 aliphatic carbocycles. The van der Waals surface area contributed by atoms with Crippen molar-refractivity contribution in [2.24, 2.45) is 5.92 Å². The zero-order valence-electron chi connectivity index (χ0n) is 15.9. The predicted octanol–water partition coefficient (Wildman–Crippen LogP) is 2.34. The second-order valence-electron chi connectivity index (χ2n) is 7.97. The molecular formula is C20H28N4O3. The third-order valence-corrected chi connectivity index (χ3v) is 6.47. The van der Waals surface area contributed by atoms with E-state index in [0.717, 1.165) is 30.9 Å². The van der Waals surface area contributed by atoms with E-state index in [2.05, 4.69) is 15.1 Å². The van der Waals surface area contributed by atoms with E-state index >= 15 is 0 Å². The maximum absolute atomic E-state index is 12.8. The summed E-state index contributed by atoms with van der Waals surface area (Å²) in [5.41, 5.74) is 2.09. The van der Waals surface area contributed by atoms with Crippen LogP contribution in [-0.2, 0) is 11.2 Å². The summed E-state index contributed by atoms with van der Waals surface area (Å²) in [6.45, 7) is 5.32. The molecule has 0 bridgehead atoms. The number of nitro benzene ring substituents is 1. The van der Waals surface area contributed by atoms with Crippen molar-refractivity contribution < 1.29 is 9.72 Å². The molecule has 2 heterocycles. The van der Waals surface area contributed by atoms with E-state index in [1.165, 1.54) is 25.7 Å². The fourth-order valence-electron chi connectivity index (χ4n) is 5.15. The molecule has 1 saturated heterocycles. The minimum absolute atomic E-state index is 0.0675. The highest BCUT2D eigenvalue weighted by molar-refractivity contribution is 5.82. The van der Waals surface area contributed by atoms with Crippen molar-refractivity contribution in [3.8, 4) is 0 Å². The number of hydrogen-bond donors (Lipinski definition) is 1. The summed E-state index contributed by atoms with van der Waals surface area (Å²) in [5, 5.41) is 14.2. The van der Waals surface area contributed by atoms with E-state index in [1.54, 1.807) is 12.1 Å². The molecular weight excluding hydrogens is 344 g/mol. The van der Waals surface area contributed by atoms with Crippen LogP contribution in [0.3, 0.4) is 0 Å². The van der Waals surface area contributed by atoms with Gasteiger partial charge < -0.3 is 10.2 Å². The number of nitro groups is 1. The molecule has 2 aliphatic heterocycles. The molecule has 1 amide bonds. The van der Waals surface area contributed by atoms with Gasteiger partial charge in [0, 0.05) is 50.0 Å². The molecule has 3 aliphatic rings. The second-order valence-corrected chi connectivity index (χ2v) is 7.97. The van der Waals surface area contributed by atoms with E-state index in [1.807, 2.05) is 13.0 Å². The summed E-state index contributed by atoms with van der Waals surface area (Å²) in [6.07, 6.45) is 5.72. The van der Waals surface area contributed by atoms with Gasteiger partial charge in [-0.3, -0.25) is 19.8 Å². The summed E-state index contributed by atoms with van der Waals surface area (Å²) in [4.78, 5) is 28.6. The van der Waals surface area contributed by atoms with Crippen molar-refractivity contribution in [1.82, 2.24) is 10.2 Å². The Balaban J connectivity index is 1.64. The first-order valence-electron chi connectivity index (χ1n) is 10.1. The molecule has 2 unspecified atom stereocenters. The Hall–Kier alpha value is -2.15. The van der Waals surface area contributed by atoms with Gasteiger partial charge >= 0.3 is 0 Å². The van der Waals surface area contributed by atoms with Crippen molar-refractivity contribution in [2.75, 3.05) is 31.1 Å². The van der Waals surface area contributed by atoms with Crippen LogP contribution in [0.1, 0.15) is 38.2 Å². The van der Waals surface area contributed by atoms with Crippen LogP contribution >= 0.6 is 0 Å². The molecule has 0 aromatic heterocycles. The Bertz CT molecular complexity index is 732. The number of hydrogen-bond acceptors (Lipinski definition) is 5. The highest BCUT2D eigenvalue weighted by atomic mass is 16.6. The van der Waals surface area contributed by atoms with Crippen molar-refractivity contribution in [1.29, 1.82) is 0 Å². The Morgan fingerprint density at radius 2 is 2.07 bits per heavy atom. The average molecular weight is 372 g/mol. The molecule has 27 heavy (non-hydrogen) atoms. The van der Waals surface area contributed by atoms with Gasteiger partial charge in [0.1, 0.15) is 0 Å². The lowest BCUT2D eigenvalue weighted by molar-refractivity contribution is -0.384. The third kappa shape index (κ3) is 3.40. The van der Waals surface area contributed by atoms with Crippen LogP contribution in [0.15, 0.2) is 18.2 Å². The van der Waals surface area contributed by atoms with Crippen molar-refractivity contribution >= 4 is 17.3 Å². The lowest BCUT2D eigenvalue weighted by Gasteiger charge is -2.50. The van der Waals surface area contributed by atoms with Gasteiger partial charge in [0.15, 0.2) is 0 Å². The van der Waals surface area contributed by atoms with Crippen LogP contribution in [0.4, 0.5) is 11.4 Å². The maximum atomic E-state index is 12.8. The predicted molar refractivity (Wildman–Crippen MR) is 104 cm³/mol. The Morgan fingerprint density at radius 1 is 1.30 bits per heavy atom. The van der Waals surface area contributed by atoms with Crippen molar-refractivity contribution in [2.45, 2.75) is 51.1 Å². The smallest absolute Gasteiger partial charge is 0.269 e. The molecule has 0 radical (unpaired) electrons. The van der Waals surface area contributed by atoms with Crippen molar-refractivity contribution in [3.63, 3.8) is 0 Å². The average Bonchev–Trinajstić information content (AvgIpc) is 3.21. The number of amides is 1. The van der Waals surface area contributed by atoms with Gasteiger partial charge in [-0.1, -0.05) is 12.8 Å². The minimum Gasteiger partial charge on any atom is -0.365 e. The van der Waals surface area contributed by atoms with Crippen LogP contribution in [0.2, 0.25) is 0 Å². The van der Waals surface area contributed by atoms with Gasteiger partial charge in [-0.15, -0.1) is 0 Å². The van der Waals surface area contributed by atoms with Gasteiger partial charge in [0.05, 0.1) is 16.9 Å². The third-order valence-electron chi connectivity index (χ3n) is 6.47. The highest BCUT2D eigenvalue weighted by Crippen LogP contribution is 2.39. The van der Waals surface area contributed by atoms with E-state index in [-0.39, 0.29) is 28.5 Å². The number of rotatable bonds is 4. The molecule has 146 valence electrons. The molecule has 1 aromatic rings. The number of non-ortho nitro benzene ring substituents is 1. The first kappa shape index (κ1) is 18.2. The molecule has 7 nitrogen and oxygen atoms in total. The normalized spacial score (nSPS) is 25.7. The number of carbonyl (C=O) groups is 1. The zero-order chi connectivity index (χ0) is 19.0. The molecule has 2 fully saturated rings. The highest BCUT2D eigenvalue weighted by Gasteiger charge is 2.43. The molecule has 4 rings (SSSR count). The lowest BCUT2D eigenvalue weighted by Crippen LogP contribution is -2.62. The fraction of sp³-hybridized carbons (Fsp3) is 0.650. The first-order valence-corrected chi connectivity index (χ1v) is 10.1. The number of carbonyl (C=O) groups excluding carboxylic acids is 1. The molecule has 2 atom stereocenters. The van der Waals surface area contributed by atoms with Gasteiger partial charge in [-0.2, -0.15) is 0 Å². The molecule has 1 saturated carbocycles. The Labute approximate surface area is 159 Å². The Kier molecular flexibility index (Phi) is 5.04. The fourth-order valence-corrected chi connectivity index (χ4v) is 5.15. The number of anilines is 1. The topological polar surface area (TPSA) is 78.7 Å². The van der Waals surface area contributed by atoms with Gasteiger partial charge in [0.2, 0.25) is 5.91 Å². The molecule has 1 N–H and O–H groups in total. The summed E-state index contributed by atoms with van der Waals surface area (Å²) in [6, 6.07) is 5.91. The number of benzene rings is 1. The summed E-state index contributed by atoms with van der Waals surface area (Å²) < 4.78 is 0. The molecule has 7 heteroatoms. The number of nitrogens with one attached hydrogen (secondary N) is 1. The van der Waals surface area contributed by atoms with Crippen LogP contribution < -0.4 is 10.2 Å². The summed E-state index contributed by atoms with van der Waals surface area (Å²) >= 11 is 0. The quantitative estimate of drug-likeness (QED) is 0.648. The molecule has 0 spiro atoms. The van der Waals surface area contributed by atoms with Crippen LogP contribution in [-0.4, -0.2) is 54.0 Å². The summed E-state index contributed by atoms with van der Waals surface area (Å²) in [5.74, 6) is -0.0958. The first-order chi connectivity index (χ1) is 13.1. The monoisotopic (exact) mass is 372 g/mol. The van der Waals surface area contributed by atoms with Crippen LogP contribution in [0, 0.1) is 16.0 Å². The van der Waals surface area contributed by atoms with E-state index < -0.39 is 0 Å². The molecule has 1 aromatic carbocycles. The lowest BCUT2D eigenvalue weighted by atomic mass is 9.83. The maximum Gasteiger partial charge on any atom is 0.269 e. The number of fused-ring (bicyclic) bond motifs is 3. The van der Waals surface area contributed by atoms with Gasteiger partial charge in [-0.05, 0) is 37.8 Å². The van der Waals surface area contributed by atoms with Gasteiger partial charge in [0.25, 0.3) is 5.69 Å². The van der Waals surface area contributed by atoms with E-state index in [0.29, 0.717) is 19.0 Å². The Morgan fingerprint density at radius 3 is 2.78 bits per heavy atom. The van der Waals surface area contributed by atoms with Crippen LogP contribution in [0.5, 0.6) is 0 Å². The second kappa shape index (κ2) is 7.46. The zero-order valence-corrected chi connectivity index (χ0v) is 15.9. The summed E-state index contributed by atoms with van der Waals surface area (Å²) in [7, 11) is 0. The van der Waals surface area contributed by atoms with Crippen LogP contribution in [0.25, 0.3) is 0 Å². The van der Waals surface area contributed by atoms with Gasteiger partial charge in [-0.25, -0.2) is 0 Å². The minimum atomic E-state index is -0.356. The van der Waals surface area contributed by atoms with E-state index in [4.69, 9.17) is 0 Å². The number of piperazine rings is 1. The standard InChI is InChI=1S/C20H28N4O3/c1-2-21-20(25)17-12-14-11-16(24(26)27)7-8-18(14)23-10-9-22(13-19(17)23)15-5-3-4-6-15/h7-8,11,15,17,19H,2-6,9-10,12-13H2,1H3,(H,21,25).